The average Bonchev–Trinajstić information content (AvgIpc) is 3.29. The van der Waals surface area contributed by atoms with Gasteiger partial charge < -0.3 is 8.83 Å². The average molecular weight is 362 g/mol. The number of rotatable bonds is 1. The quantitative estimate of drug-likeness (QED) is 0.299. The molecule has 4 aromatic carbocycles. The SMILES string of the molecule is Cc1ccc(-c2ccc(C)c3c2oc2ccccc23)c2oc3ccccc3c12. The van der Waals surface area contributed by atoms with Gasteiger partial charge in [-0.1, -0.05) is 60.7 Å². The fourth-order valence-electron chi connectivity index (χ4n) is 4.41. The summed E-state index contributed by atoms with van der Waals surface area (Å²) in [7, 11) is 0. The largest absolute Gasteiger partial charge is 0.455 e. The van der Waals surface area contributed by atoms with E-state index in [9.17, 15) is 0 Å². The molecular formula is C26H18O2. The maximum atomic E-state index is 6.33. The van der Waals surface area contributed by atoms with Gasteiger partial charge in [0, 0.05) is 32.7 Å². The molecule has 0 spiro atoms. The molecule has 2 heterocycles. The Morgan fingerprint density at radius 1 is 0.500 bits per heavy atom. The Kier molecular flexibility index (Phi) is 3.05. The van der Waals surface area contributed by atoms with Gasteiger partial charge in [0.1, 0.15) is 22.3 Å². The molecule has 0 N–H and O–H groups in total. The third-order valence-corrected chi connectivity index (χ3v) is 5.76. The highest BCUT2D eigenvalue weighted by Crippen LogP contribution is 2.42. The van der Waals surface area contributed by atoms with Crippen LogP contribution in [-0.2, 0) is 0 Å². The molecule has 0 saturated heterocycles. The van der Waals surface area contributed by atoms with Crippen molar-refractivity contribution in [1.82, 2.24) is 0 Å². The van der Waals surface area contributed by atoms with Gasteiger partial charge in [-0.3, -0.25) is 0 Å². The summed E-state index contributed by atoms with van der Waals surface area (Å²) in [5.41, 5.74) is 8.26. The lowest BCUT2D eigenvalue weighted by Gasteiger charge is -2.07. The molecular weight excluding hydrogens is 344 g/mol. The molecule has 0 radical (unpaired) electrons. The molecule has 0 aliphatic heterocycles. The molecule has 0 fully saturated rings. The number of hydrogen-bond donors (Lipinski definition) is 0. The topological polar surface area (TPSA) is 26.3 Å². The number of fused-ring (bicyclic) bond motifs is 6. The van der Waals surface area contributed by atoms with E-state index >= 15 is 0 Å². The van der Waals surface area contributed by atoms with Crippen LogP contribution in [0.4, 0.5) is 0 Å². The van der Waals surface area contributed by atoms with E-state index in [0.717, 1.165) is 44.2 Å². The van der Waals surface area contributed by atoms with E-state index in [0.29, 0.717) is 0 Å². The molecule has 0 aliphatic rings. The maximum Gasteiger partial charge on any atom is 0.143 e. The lowest BCUT2D eigenvalue weighted by Crippen LogP contribution is -1.84. The van der Waals surface area contributed by atoms with Crippen molar-refractivity contribution in [3.05, 3.63) is 83.9 Å². The van der Waals surface area contributed by atoms with Gasteiger partial charge >= 0.3 is 0 Å². The molecule has 0 unspecified atom stereocenters. The van der Waals surface area contributed by atoms with Gasteiger partial charge in [0.15, 0.2) is 0 Å². The zero-order valence-electron chi connectivity index (χ0n) is 15.7. The van der Waals surface area contributed by atoms with Crippen molar-refractivity contribution >= 4 is 43.9 Å². The molecule has 0 atom stereocenters. The van der Waals surface area contributed by atoms with Crippen molar-refractivity contribution in [3.8, 4) is 11.1 Å². The van der Waals surface area contributed by atoms with Gasteiger partial charge in [0.05, 0.1) is 0 Å². The number of hydrogen-bond acceptors (Lipinski definition) is 2. The standard InChI is InChI=1S/C26H18O2/c1-15-11-13-17(25-23(15)19-7-3-5-9-21(19)27-25)18-14-12-16(2)24-20-8-4-6-10-22(20)28-26(18)24/h3-14H,1-2H3. The van der Waals surface area contributed by atoms with E-state index in [4.69, 9.17) is 8.83 Å². The first-order valence-electron chi connectivity index (χ1n) is 9.54. The van der Waals surface area contributed by atoms with Crippen LogP contribution in [0, 0.1) is 13.8 Å². The number of para-hydroxylation sites is 2. The third-order valence-electron chi connectivity index (χ3n) is 5.76. The first-order chi connectivity index (χ1) is 13.7. The summed E-state index contributed by atoms with van der Waals surface area (Å²) in [5, 5.41) is 4.67. The first kappa shape index (κ1) is 15.5. The van der Waals surface area contributed by atoms with Crippen molar-refractivity contribution < 1.29 is 8.83 Å². The zero-order chi connectivity index (χ0) is 18.8. The van der Waals surface area contributed by atoms with Gasteiger partial charge in [-0.05, 0) is 37.1 Å². The lowest BCUT2D eigenvalue weighted by atomic mass is 9.96. The second-order valence-electron chi connectivity index (χ2n) is 7.46. The summed E-state index contributed by atoms with van der Waals surface area (Å²) >= 11 is 0. The molecule has 0 saturated carbocycles. The highest BCUT2D eigenvalue weighted by atomic mass is 16.3. The molecule has 2 nitrogen and oxygen atoms in total. The van der Waals surface area contributed by atoms with Crippen LogP contribution >= 0.6 is 0 Å². The normalized spacial score (nSPS) is 11.9. The second kappa shape index (κ2) is 5.49. The van der Waals surface area contributed by atoms with Crippen LogP contribution in [0.25, 0.3) is 55.0 Å². The van der Waals surface area contributed by atoms with Crippen molar-refractivity contribution in [3.63, 3.8) is 0 Å². The van der Waals surface area contributed by atoms with Gasteiger partial charge in [-0.2, -0.15) is 0 Å². The van der Waals surface area contributed by atoms with Crippen molar-refractivity contribution in [1.29, 1.82) is 0 Å². The van der Waals surface area contributed by atoms with E-state index in [1.807, 2.05) is 24.3 Å². The Hall–Kier alpha value is -3.52. The van der Waals surface area contributed by atoms with Gasteiger partial charge in [0.25, 0.3) is 0 Å². The summed E-state index contributed by atoms with van der Waals surface area (Å²) in [5.74, 6) is 0. The van der Waals surface area contributed by atoms with E-state index in [-0.39, 0.29) is 0 Å². The molecule has 0 amide bonds. The van der Waals surface area contributed by atoms with Crippen LogP contribution in [0.2, 0.25) is 0 Å². The minimum atomic E-state index is 0.918. The summed E-state index contributed by atoms with van der Waals surface area (Å²) in [6.45, 7) is 4.28. The van der Waals surface area contributed by atoms with Crippen LogP contribution in [0.3, 0.4) is 0 Å². The monoisotopic (exact) mass is 362 g/mol. The number of aryl methyl sites for hydroxylation is 2. The van der Waals surface area contributed by atoms with Crippen LogP contribution in [0.1, 0.15) is 11.1 Å². The zero-order valence-corrected chi connectivity index (χ0v) is 15.7. The first-order valence-corrected chi connectivity index (χ1v) is 9.54. The van der Waals surface area contributed by atoms with Crippen LogP contribution in [0.15, 0.2) is 81.6 Å². The number of benzene rings is 4. The predicted octanol–water partition coefficient (Wildman–Crippen LogP) is 7.77. The van der Waals surface area contributed by atoms with Crippen molar-refractivity contribution in [2.45, 2.75) is 13.8 Å². The minimum absolute atomic E-state index is 0.918. The molecule has 6 rings (SSSR count). The molecule has 0 bridgehead atoms. The fourth-order valence-corrected chi connectivity index (χ4v) is 4.41. The van der Waals surface area contributed by atoms with E-state index in [1.54, 1.807) is 0 Å². The molecule has 28 heavy (non-hydrogen) atoms. The van der Waals surface area contributed by atoms with E-state index in [1.165, 1.54) is 21.9 Å². The Balaban J connectivity index is 1.78. The Labute approximate surface area is 162 Å². The minimum Gasteiger partial charge on any atom is -0.455 e. The Morgan fingerprint density at radius 2 is 0.929 bits per heavy atom. The van der Waals surface area contributed by atoms with Gasteiger partial charge in [-0.25, -0.2) is 0 Å². The maximum absolute atomic E-state index is 6.33. The van der Waals surface area contributed by atoms with Crippen LogP contribution < -0.4 is 0 Å². The Bertz CT molecular complexity index is 1410. The number of furan rings is 2. The molecule has 2 aromatic heterocycles. The predicted molar refractivity (Wildman–Crippen MR) is 116 cm³/mol. The fraction of sp³-hybridized carbons (Fsp3) is 0.0769. The van der Waals surface area contributed by atoms with E-state index in [2.05, 4.69) is 62.4 Å². The highest BCUT2D eigenvalue weighted by molar-refractivity contribution is 6.16. The van der Waals surface area contributed by atoms with Gasteiger partial charge in [0.2, 0.25) is 0 Å². The summed E-state index contributed by atoms with van der Waals surface area (Å²) in [4.78, 5) is 0. The van der Waals surface area contributed by atoms with E-state index < -0.39 is 0 Å². The second-order valence-corrected chi connectivity index (χ2v) is 7.46. The molecule has 134 valence electrons. The Morgan fingerprint density at radius 3 is 1.39 bits per heavy atom. The van der Waals surface area contributed by atoms with Crippen LogP contribution in [0.5, 0.6) is 0 Å². The van der Waals surface area contributed by atoms with Crippen LogP contribution in [-0.4, -0.2) is 0 Å². The van der Waals surface area contributed by atoms with Crippen molar-refractivity contribution in [2.24, 2.45) is 0 Å². The highest BCUT2D eigenvalue weighted by Gasteiger charge is 2.19. The third kappa shape index (κ3) is 1.97. The summed E-state index contributed by atoms with van der Waals surface area (Å²) < 4.78 is 12.7. The summed E-state index contributed by atoms with van der Waals surface area (Å²) in [6.07, 6.45) is 0. The smallest absolute Gasteiger partial charge is 0.143 e. The van der Waals surface area contributed by atoms with Gasteiger partial charge in [-0.15, -0.1) is 0 Å². The summed E-state index contributed by atoms with van der Waals surface area (Å²) in [6, 6.07) is 25.1. The van der Waals surface area contributed by atoms with Crippen molar-refractivity contribution in [2.75, 3.05) is 0 Å². The molecule has 0 aliphatic carbocycles. The molecule has 6 aromatic rings. The molecule has 2 heteroatoms. The lowest BCUT2D eigenvalue weighted by molar-refractivity contribution is 0.665.